The molecule has 12 nitrogen and oxygen atoms in total. The van der Waals surface area contributed by atoms with Gasteiger partial charge < -0.3 is 30.1 Å². The van der Waals surface area contributed by atoms with Gasteiger partial charge in [0.25, 0.3) is 0 Å². The molecular weight excluding hydrogens is 586 g/mol. The van der Waals surface area contributed by atoms with Crippen LogP contribution in [0.25, 0.3) is 5.69 Å². The first-order valence-corrected chi connectivity index (χ1v) is 15.2. The maximum Gasteiger partial charge on any atom is 0.303 e. The van der Waals surface area contributed by atoms with E-state index in [1.807, 2.05) is 42.5 Å². The van der Waals surface area contributed by atoms with Gasteiger partial charge in [0, 0.05) is 36.3 Å². The largest absolute Gasteiger partial charge is 0.508 e. The van der Waals surface area contributed by atoms with Gasteiger partial charge in [0.05, 0.1) is 24.5 Å². The van der Waals surface area contributed by atoms with Gasteiger partial charge in [0.15, 0.2) is 6.29 Å². The third-order valence-electron chi connectivity index (χ3n) is 7.04. The zero-order chi connectivity index (χ0) is 30.9. The molecule has 2 heterocycles. The minimum atomic E-state index is -0.874. The van der Waals surface area contributed by atoms with Crippen molar-refractivity contribution in [1.82, 2.24) is 20.2 Å². The minimum absolute atomic E-state index is 0.0359. The van der Waals surface area contributed by atoms with Crippen molar-refractivity contribution in [2.24, 2.45) is 0 Å². The second-order valence-corrected chi connectivity index (χ2v) is 11.3. The van der Waals surface area contributed by atoms with Gasteiger partial charge in [-0.15, -0.1) is 5.10 Å². The summed E-state index contributed by atoms with van der Waals surface area (Å²) in [4.78, 5) is 23.2. The summed E-state index contributed by atoms with van der Waals surface area (Å²) in [5.74, 6) is -0.396. The van der Waals surface area contributed by atoms with Crippen molar-refractivity contribution < 1.29 is 34.4 Å². The molecule has 0 spiro atoms. The highest BCUT2D eigenvalue weighted by Crippen LogP contribution is 2.40. The molecule has 1 aliphatic heterocycles. The Labute approximate surface area is 258 Å². The molecule has 3 unspecified atom stereocenters. The fraction of sp³-hybridized carbons (Fsp3) is 0.323. The number of aliphatic hydroxyl groups is 1. The third-order valence-corrected chi connectivity index (χ3v) is 8.09. The van der Waals surface area contributed by atoms with E-state index in [-0.39, 0.29) is 43.3 Å². The van der Waals surface area contributed by atoms with Crippen molar-refractivity contribution in [2.75, 3.05) is 11.1 Å². The Morgan fingerprint density at radius 1 is 0.977 bits per heavy atom. The average Bonchev–Trinajstić information content (AvgIpc) is 3.51. The van der Waals surface area contributed by atoms with E-state index in [1.165, 1.54) is 11.8 Å². The van der Waals surface area contributed by atoms with Gasteiger partial charge in [-0.1, -0.05) is 48.2 Å². The number of tetrazole rings is 1. The summed E-state index contributed by atoms with van der Waals surface area (Å²) in [6.07, 6.45) is 0.475. The van der Waals surface area contributed by atoms with Gasteiger partial charge in [-0.25, -0.2) is 0 Å². The van der Waals surface area contributed by atoms with Crippen molar-refractivity contribution in [3.63, 3.8) is 0 Å². The summed E-state index contributed by atoms with van der Waals surface area (Å²) in [6.45, 7) is -0.0510. The Hall–Kier alpha value is -4.30. The topological polar surface area (TPSA) is 169 Å². The van der Waals surface area contributed by atoms with Gasteiger partial charge >= 0.3 is 5.97 Å². The molecule has 1 aliphatic rings. The number of rotatable bonds is 13. The number of benzene rings is 3. The summed E-state index contributed by atoms with van der Waals surface area (Å²) in [7, 11) is 0. The average molecular weight is 620 g/mol. The molecular formula is C31H33N5O7S. The number of nitrogens with one attached hydrogen (secondary N) is 1. The van der Waals surface area contributed by atoms with Crippen LogP contribution in [0.1, 0.15) is 61.2 Å². The van der Waals surface area contributed by atoms with Crippen LogP contribution in [0.4, 0.5) is 5.69 Å². The smallest absolute Gasteiger partial charge is 0.303 e. The number of amides is 1. The van der Waals surface area contributed by atoms with Crippen LogP contribution in [-0.2, 0) is 25.7 Å². The molecule has 0 radical (unpaired) electrons. The highest BCUT2D eigenvalue weighted by Gasteiger charge is 2.33. The van der Waals surface area contributed by atoms with Gasteiger partial charge in [0.2, 0.25) is 11.1 Å². The molecule has 230 valence electrons. The van der Waals surface area contributed by atoms with Crippen molar-refractivity contribution >= 4 is 29.3 Å². The number of phenols is 1. The molecule has 1 fully saturated rings. The molecule has 3 aromatic carbocycles. The number of carboxylic acid groups (broad SMARTS) is 1. The van der Waals surface area contributed by atoms with E-state index in [4.69, 9.17) is 14.6 Å². The van der Waals surface area contributed by atoms with E-state index in [9.17, 15) is 19.8 Å². The normalized spacial score (nSPS) is 18.2. The SMILES string of the molecule is O=C(O)CCCCC(=O)Nc1cccc(C2OC(CSc3nnnn3-c3ccc(O)cc3)CC(c3ccc(CO)cc3)O2)c1. The highest BCUT2D eigenvalue weighted by molar-refractivity contribution is 7.99. The van der Waals surface area contributed by atoms with Gasteiger partial charge in [-0.05, 0) is 70.8 Å². The first-order chi connectivity index (χ1) is 21.4. The van der Waals surface area contributed by atoms with Crippen LogP contribution in [0.3, 0.4) is 0 Å². The number of phenolic OH excluding ortho intramolecular Hbond substituents is 1. The van der Waals surface area contributed by atoms with Gasteiger partial charge in [-0.2, -0.15) is 4.68 Å². The van der Waals surface area contributed by atoms with E-state index < -0.39 is 12.3 Å². The van der Waals surface area contributed by atoms with Crippen molar-refractivity contribution in [3.05, 3.63) is 89.5 Å². The van der Waals surface area contributed by atoms with Crippen molar-refractivity contribution in [1.29, 1.82) is 0 Å². The number of ether oxygens (including phenoxy) is 2. The second kappa shape index (κ2) is 14.9. The molecule has 44 heavy (non-hydrogen) atoms. The van der Waals surface area contributed by atoms with Crippen LogP contribution >= 0.6 is 11.8 Å². The number of aliphatic carboxylic acids is 1. The number of carboxylic acids is 1. The third kappa shape index (κ3) is 8.41. The van der Waals surface area contributed by atoms with E-state index in [0.29, 0.717) is 41.5 Å². The predicted octanol–water partition coefficient (Wildman–Crippen LogP) is 4.78. The van der Waals surface area contributed by atoms with Crippen LogP contribution in [0.5, 0.6) is 5.75 Å². The fourth-order valence-corrected chi connectivity index (χ4v) is 5.67. The van der Waals surface area contributed by atoms with E-state index in [0.717, 1.165) is 16.7 Å². The zero-order valence-corrected chi connectivity index (χ0v) is 24.6. The number of carbonyl (C=O) groups is 2. The molecule has 0 saturated carbocycles. The monoisotopic (exact) mass is 619 g/mol. The standard InChI is InChI=1S/C31H33N5O7S/c37-18-20-8-10-21(11-9-20)27-17-26(19-44-31-33-34-35-36(31)24-12-14-25(38)15-13-24)42-30(43-27)22-4-3-5-23(16-22)32-28(39)6-1-2-7-29(40)41/h3-5,8-16,26-27,30,37-38H,1-2,6-7,17-19H2,(H,32,39)(H,40,41). The zero-order valence-electron chi connectivity index (χ0n) is 23.8. The molecule has 3 atom stereocenters. The lowest BCUT2D eigenvalue weighted by molar-refractivity contribution is -0.245. The number of unbranched alkanes of at least 4 members (excludes halogenated alkanes) is 1. The predicted molar refractivity (Wildman–Crippen MR) is 161 cm³/mol. The summed E-state index contributed by atoms with van der Waals surface area (Å²) in [5.41, 5.74) is 3.78. The lowest BCUT2D eigenvalue weighted by atomic mass is 10.0. The number of nitrogens with zero attached hydrogens (tertiary/aromatic N) is 4. The molecule has 4 aromatic rings. The van der Waals surface area contributed by atoms with Crippen molar-refractivity contribution in [2.45, 2.75) is 62.4 Å². The Balaban J connectivity index is 1.30. The van der Waals surface area contributed by atoms with E-state index in [1.54, 1.807) is 35.0 Å². The summed E-state index contributed by atoms with van der Waals surface area (Å²) in [6, 6.07) is 21.5. The van der Waals surface area contributed by atoms with Crippen LogP contribution in [0.2, 0.25) is 0 Å². The first kappa shape index (κ1) is 31.1. The minimum Gasteiger partial charge on any atom is -0.508 e. The number of anilines is 1. The molecule has 0 aliphatic carbocycles. The lowest BCUT2D eigenvalue weighted by Crippen LogP contribution is -2.31. The maximum atomic E-state index is 12.5. The van der Waals surface area contributed by atoms with E-state index >= 15 is 0 Å². The molecule has 1 saturated heterocycles. The molecule has 4 N–H and O–H groups in total. The second-order valence-electron chi connectivity index (χ2n) is 10.3. The fourth-order valence-electron chi connectivity index (χ4n) is 4.76. The summed E-state index contributed by atoms with van der Waals surface area (Å²) < 4.78 is 14.5. The molecule has 0 bridgehead atoms. The number of thioether (sulfide) groups is 1. The quantitative estimate of drug-likeness (QED) is 0.120. The Kier molecular flexibility index (Phi) is 10.6. The van der Waals surface area contributed by atoms with Crippen LogP contribution in [-0.4, -0.2) is 59.3 Å². The van der Waals surface area contributed by atoms with Crippen molar-refractivity contribution in [3.8, 4) is 11.4 Å². The van der Waals surface area contributed by atoms with Gasteiger partial charge in [-0.3, -0.25) is 9.59 Å². The van der Waals surface area contributed by atoms with Gasteiger partial charge in [0.1, 0.15) is 5.75 Å². The molecule has 13 heteroatoms. The summed E-state index contributed by atoms with van der Waals surface area (Å²) in [5, 5.41) is 43.5. The number of carbonyl (C=O) groups excluding carboxylic acids is 1. The molecule has 1 amide bonds. The number of hydrogen-bond donors (Lipinski definition) is 4. The number of aliphatic hydroxyl groups excluding tert-OH is 1. The van der Waals surface area contributed by atoms with E-state index in [2.05, 4.69) is 20.8 Å². The molecule has 5 rings (SSSR count). The lowest BCUT2D eigenvalue weighted by Gasteiger charge is -2.36. The molecule has 1 aromatic heterocycles. The number of aromatic hydroxyl groups is 1. The van der Waals surface area contributed by atoms with Crippen LogP contribution < -0.4 is 5.32 Å². The number of aromatic nitrogens is 4. The number of hydrogen-bond acceptors (Lipinski definition) is 10. The summed E-state index contributed by atoms with van der Waals surface area (Å²) >= 11 is 1.44. The van der Waals surface area contributed by atoms with Crippen LogP contribution in [0.15, 0.2) is 78.0 Å². The Bertz CT molecular complexity index is 1550. The first-order valence-electron chi connectivity index (χ1n) is 14.2. The highest BCUT2D eigenvalue weighted by atomic mass is 32.2. The Morgan fingerprint density at radius 3 is 2.50 bits per heavy atom. The van der Waals surface area contributed by atoms with Crippen LogP contribution in [0, 0.1) is 0 Å². The Morgan fingerprint density at radius 2 is 1.75 bits per heavy atom. The maximum absolute atomic E-state index is 12.5.